The minimum Gasteiger partial charge on any atom is -0.354 e. The third-order valence-electron chi connectivity index (χ3n) is 6.47. The molecule has 7 nitrogen and oxygen atoms in total. The lowest BCUT2D eigenvalue weighted by atomic mass is 10.1. The number of benzene rings is 3. The molecule has 220 valence electrons. The van der Waals surface area contributed by atoms with Crippen LogP contribution in [-0.4, -0.2) is 44.3 Å². The highest BCUT2D eigenvalue weighted by molar-refractivity contribution is 7.92. The van der Waals surface area contributed by atoms with Crippen molar-refractivity contribution >= 4 is 62.3 Å². The van der Waals surface area contributed by atoms with Crippen molar-refractivity contribution in [2.75, 3.05) is 17.4 Å². The second-order valence-corrected chi connectivity index (χ2v) is 13.2. The molecule has 0 saturated heterocycles. The molecule has 0 aromatic heterocycles. The Balaban J connectivity index is 2.07. The summed E-state index contributed by atoms with van der Waals surface area (Å²) in [6, 6.07) is 16.8. The molecular weight excluding hydrogens is 605 g/mol. The number of carbonyl (C=O) groups is 2. The molecule has 11 heteroatoms. The molecule has 41 heavy (non-hydrogen) atoms. The predicted molar refractivity (Wildman–Crippen MR) is 166 cm³/mol. The quantitative estimate of drug-likeness (QED) is 0.238. The number of hydrogen-bond acceptors (Lipinski definition) is 4. The minimum atomic E-state index is -4.19. The summed E-state index contributed by atoms with van der Waals surface area (Å²) >= 11 is 18.4. The first-order chi connectivity index (χ1) is 19.3. The van der Waals surface area contributed by atoms with Crippen LogP contribution in [0.1, 0.15) is 38.3 Å². The van der Waals surface area contributed by atoms with Gasteiger partial charge in [0, 0.05) is 18.1 Å². The number of halogens is 3. The molecule has 0 saturated carbocycles. The van der Waals surface area contributed by atoms with Gasteiger partial charge >= 0.3 is 0 Å². The van der Waals surface area contributed by atoms with Gasteiger partial charge in [0.05, 0.1) is 20.6 Å². The Labute approximate surface area is 257 Å². The van der Waals surface area contributed by atoms with Gasteiger partial charge in [0.2, 0.25) is 11.8 Å². The molecule has 1 atom stereocenters. The topological polar surface area (TPSA) is 86.8 Å². The van der Waals surface area contributed by atoms with Crippen molar-refractivity contribution in [3.8, 4) is 0 Å². The molecule has 3 aromatic carbocycles. The second-order valence-electron chi connectivity index (χ2n) is 10.1. The van der Waals surface area contributed by atoms with Crippen LogP contribution in [0.25, 0.3) is 0 Å². The number of para-hydroxylation sites is 1. The molecule has 0 bridgehead atoms. The summed E-state index contributed by atoms with van der Waals surface area (Å²) in [4.78, 5) is 28.8. The fourth-order valence-electron chi connectivity index (χ4n) is 4.27. The lowest BCUT2D eigenvalue weighted by molar-refractivity contribution is -0.140. The molecule has 0 aliphatic heterocycles. The summed E-state index contributed by atoms with van der Waals surface area (Å²) in [5.74, 6) is -0.669. The molecule has 0 spiro atoms. The van der Waals surface area contributed by atoms with Crippen LogP contribution >= 0.6 is 34.8 Å². The SMILES string of the molecule is CC[C@H](C(=O)NCC(C)C)N(Cc1ccc(Cl)c(Cl)c1)C(=O)CN(c1ccccc1C)S(=O)(=O)c1ccc(Cl)cc1. The summed E-state index contributed by atoms with van der Waals surface area (Å²) in [6.07, 6.45) is 0.311. The number of hydrogen-bond donors (Lipinski definition) is 1. The van der Waals surface area contributed by atoms with Crippen LogP contribution in [-0.2, 0) is 26.2 Å². The Morgan fingerprint density at radius 3 is 2.17 bits per heavy atom. The van der Waals surface area contributed by atoms with Gasteiger partial charge in [0.15, 0.2) is 0 Å². The van der Waals surface area contributed by atoms with E-state index in [4.69, 9.17) is 34.8 Å². The highest BCUT2D eigenvalue weighted by Crippen LogP contribution is 2.29. The zero-order valence-corrected chi connectivity index (χ0v) is 26.5. The van der Waals surface area contributed by atoms with E-state index in [0.717, 1.165) is 4.31 Å². The molecule has 3 rings (SSSR count). The van der Waals surface area contributed by atoms with Crippen molar-refractivity contribution in [2.45, 2.75) is 51.6 Å². The molecular formula is C30H34Cl3N3O4S. The smallest absolute Gasteiger partial charge is 0.264 e. The predicted octanol–water partition coefficient (Wildman–Crippen LogP) is 6.73. The largest absolute Gasteiger partial charge is 0.354 e. The molecule has 0 aliphatic rings. The third-order valence-corrected chi connectivity index (χ3v) is 9.24. The van der Waals surface area contributed by atoms with Crippen molar-refractivity contribution in [3.05, 3.63) is 92.9 Å². The molecule has 1 N–H and O–H groups in total. The van der Waals surface area contributed by atoms with Crippen molar-refractivity contribution in [2.24, 2.45) is 5.92 Å². The van der Waals surface area contributed by atoms with Gasteiger partial charge in [0.1, 0.15) is 12.6 Å². The fraction of sp³-hybridized carbons (Fsp3) is 0.333. The number of nitrogens with one attached hydrogen (secondary N) is 1. The first kappa shape index (κ1) is 32.7. The number of nitrogens with zero attached hydrogens (tertiary/aromatic N) is 2. The molecule has 2 amide bonds. The number of rotatable bonds is 12. The zero-order chi connectivity index (χ0) is 30.3. The van der Waals surface area contributed by atoms with Crippen LogP contribution in [0.2, 0.25) is 15.1 Å². The van der Waals surface area contributed by atoms with Crippen molar-refractivity contribution < 1.29 is 18.0 Å². The van der Waals surface area contributed by atoms with E-state index in [1.165, 1.54) is 29.2 Å². The molecule has 3 aromatic rings. The highest BCUT2D eigenvalue weighted by atomic mass is 35.5. The number of carbonyl (C=O) groups excluding carboxylic acids is 2. The van der Waals surface area contributed by atoms with Crippen LogP contribution in [0.5, 0.6) is 0 Å². The van der Waals surface area contributed by atoms with E-state index in [9.17, 15) is 18.0 Å². The number of sulfonamides is 1. The maximum absolute atomic E-state index is 14.1. The zero-order valence-electron chi connectivity index (χ0n) is 23.4. The lowest BCUT2D eigenvalue weighted by Crippen LogP contribution is -2.52. The van der Waals surface area contributed by atoms with E-state index in [1.807, 2.05) is 13.8 Å². The standard InChI is InChI=1S/C30H34Cl3N3O4S/c1-5-27(30(38)34-17-20(2)3)35(18-22-10-15-25(32)26(33)16-22)29(37)19-36(28-9-7-6-8-21(28)4)41(39,40)24-13-11-23(31)12-14-24/h6-16,20,27H,5,17-19H2,1-4H3,(H,34,38)/t27-/m1/s1. The Bertz CT molecular complexity index is 1480. The van der Waals surface area contributed by atoms with Gasteiger partial charge in [-0.2, -0.15) is 0 Å². The van der Waals surface area contributed by atoms with Crippen LogP contribution in [0.15, 0.2) is 71.6 Å². The minimum absolute atomic E-state index is 0.0179. The molecule has 0 fully saturated rings. The number of anilines is 1. The first-order valence-corrected chi connectivity index (χ1v) is 15.8. The lowest BCUT2D eigenvalue weighted by Gasteiger charge is -2.33. The second kappa shape index (κ2) is 14.4. The average molecular weight is 639 g/mol. The van der Waals surface area contributed by atoms with Crippen molar-refractivity contribution in [3.63, 3.8) is 0 Å². The van der Waals surface area contributed by atoms with E-state index in [0.29, 0.717) is 44.8 Å². The number of amides is 2. The maximum atomic E-state index is 14.1. The van der Waals surface area contributed by atoms with E-state index in [1.54, 1.807) is 56.3 Å². The Kier molecular flexibility index (Phi) is 11.5. The van der Waals surface area contributed by atoms with E-state index >= 15 is 0 Å². The van der Waals surface area contributed by atoms with Crippen LogP contribution in [0.3, 0.4) is 0 Å². The number of aryl methyl sites for hydroxylation is 1. The van der Waals surface area contributed by atoms with Crippen molar-refractivity contribution in [1.82, 2.24) is 10.2 Å². The summed E-state index contributed by atoms with van der Waals surface area (Å²) in [6.45, 7) is 7.44. The summed E-state index contributed by atoms with van der Waals surface area (Å²) in [5, 5.41) is 3.95. The van der Waals surface area contributed by atoms with E-state index in [2.05, 4.69) is 5.32 Å². The van der Waals surface area contributed by atoms with Gasteiger partial charge < -0.3 is 10.2 Å². The summed E-state index contributed by atoms with van der Waals surface area (Å²) < 4.78 is 29.0. The van der Waals surface area contributed by atoms with Gasteiger partial charge in [-0.25, -0.2) is 8.42 Å². The van der Waals surface area contributed by atoms with Crippen LogP contribution < -0.4 is 9.62 Å². The maximum Gasteiger partial charge on any atom is 0.264 e. The van der Waals surface area contributed by atoms with Crippen molar-refractivity contribution in [1.29, 1.82) is 0 Å². The first-order valence-electron chi connectivity index (χ1n) is 13.2. The van der Waals surface area contributed by atoms with Gasteiger partial charge in [-0.1, -0.05) is 79.8 Å². The van der Waals surface area contributed by atoms with Crippen LogP contribution in [0.4, 0.5) is 5.69 Å². The molecule has 0 radical (unpaired) electrons. The normalized spacial score (nSPS) is 12.2. The van der Waals surface area contributed by atoms with Gasteiger partial charge in [-0.05, 0) is 72.9 Å². The monoisotopic (exact) mass is 637 g/mol. The van der Waals surface area contributed by atoms with Crippen LogP contribution in [0, 0.1) is 12.8 Å². The fourth-order valence-corrected chi connectivity index (χ4v) is 6.19. The Morgan fingerprint density at radius 1 is 0.927 bits per heavy atom. The summed E-state index contributed by atoms with van der Waals surface area (Å²) in [5.41, 5.74) is 1.66. The van der Waals surface area contributed by atoms with Gasteiger partial charge in [0.25, 0.3) is 10.0 Å². The van der Waals surface area contributed by atoms with Gasteiger partial charge in [-0.3, -0.25) is 13.9 Å². The molecule has 0 unspecified atom stereocenters. The van der Waals surface area contributed by atoms with E-state index in [-0.39, 0.29) is 23.3 Å². The molecule has 0 aliphatic carbocycles. The average Bonchev–Trinajstić information content (AvgIpc) is 2.93. The third kappa shape index (κ3) is 8.38. The Hall–Kier alpha value is -2.78. The Morgan fingerprint density at radius 2 is 1.59 bits per heavy atom. The molecule has 0 heterocycles. The van der Waals surface area contributed by atoms with Gasteiger partial charge in [-0.15, -0.1) is 0 Å². The van der Waals surface area contributed by atoms with E-state index < -0.39 is 28.5 Å². The summed E-state index contributed by atoms with van der Waals surface area (Å²) in [7, 11) is -4.19. The highest BCUT2D eigenvalue weighted by Gasteiger charge is 2.34.